The molecule has 1 aromatic heterocycles. The molecule has 1 aromatic rings. The minimum Gasteiger partial charge on any atom is -0.340 e. The number of likely N-dealkylation sites (N-methyl/N-ethyl adjacent to an activating group) is 1. The molecule has 19 heavy (non-hydrogen) atoms. The number of rotatable bonds is 4. The molecule has 2 rings (SSSR count). The Labute approximate surface area is 118 Å². The summed E-state index contributed by atoms with van der Waals surface area (Å²) in [7, 11) is 1.81. The van der Waals surface area contributed by atoms with E-state index in [4.69, 9.17) is 0 Å². The monoisotopic (exact) mass is 282 g/mol. The van der Waals surface area contributed by atoms with Gasteiger partial charge in [-0.2, -0.15) is 0 Å². The predicted octanol–water partition coefficient (Wildman–Crippen LogP) is 0.705. The van der Waals surface area contributed by atoms with Gasteiger partial charge in [-0.25, -0.2) is 4.98 Å². The Balaban J connectivity index is 1.84. The van der Waals surface area contributed by atoms with Crippen LogP contribution in [0.15, 0.2) is 5.38 Å². The standard InChI is InChI=1S/C13H22N4OS/c1-11-15-12(10-19-11)9-16-4-3-5-17(7-6-16)13(18)8-14-2/h10,14H,3-9H2,1-2H3. The Morgan fingerprint density at radius 2 is 2.26 bits per heavy atom. The molecule has 5 nitrogen and oxygen atoms in total. The second-order valence-corrected chi connectivity index (χ2v) is 5.96. The number of hydrogen-bond donors (Lipinski definition) is 1. The molecule has 1 aliphatic rings. The average molecular weight is 282 g/mol. The Bertz CT molecular complexity index is 421. The van der Waals surface area contributed by atoms with Crippen LogP contribution in [-0.4, -0.2) is 60.5 Å². The van der Waals surface area contributed by atoms with Crippen molar-refractivity contribution in [3.05, 3.63) is 16.1 Å². The molecular weight excluding hydrogens is 260 g/mol. The molecule has 0 spiro atoms. The van der Waals surface area contributed by atoms with Crippen molar-refractivity contribution in [3.63, 3.8) is 0 Å². The van der Waals surface area contributed by atoms with Crippen molar-refractivity contribution >= 4 is 17.2 Å². The van der Waals surface area contributed by atoms with E-state index in [1.165, 1.54) is 0 Å². The van der Waals surface area contributed by atoms with E-state index in [0.717, 1.165) is 49.8 Å². The number of amides is 1. The molecule has 0 radical (unpaired) electrons. The van der Waals surface area contributed by atoms with Gasteiger partial charge >= 0.3 is 0 Å². The molecule has 106 valence electrons. The maximum Gasteiger partial charge on any atom is 0.236 e. The van der Waals surface area contributed by atoms with Gasteiger partial charge in [-0.05, 0) is 20.4 Å². The average Bonchev–Trinajstić information content (AvgIpc) is 2.64. The highest BCUT2D eigenvalue weighted by atomic mass is 32.1. The fourth-order valence-electron chi connectivity index (χ4n) is 2.35. The number of aromatic nitrogens is 1. The lowest BCUT2D eigenvalue weighted by molar-refractivity contribution is -0.130. The lowest BCUT2D eigenvalue weighted by Gasteiger charge is -2.21. The third kappa shape index (κ3) is 4.26. The van der Waals surface area contributed by atoms with Crippen molar-refractivity contribution in [3.8, 4) is 0 Å². The van der Waals surface area contributed by atoms with Gasteiger partial charge in [-0.3, -0.25) is 9.69 Å². The summed E-state index contributed by atoms with van der Waals surface area (Å²) in [6.07, 6.45) is 1.04. The zero-order chi connectivity index (χ0) is 13.7. The van der Waals surface area contributed by atoms with E-state index in [2.05, 4.69) is 20.6 Å². The highest BCUT2D eigenvalue weighted by molar-refractivity contribution is 7.09. The Morgan fingerprint density at radius 1 is 1.42 bits per heavy atom. The number of nitrogens with zero attached hydrogens (tertiary/aromatic N) is 3. The molecule has 0 atom stereocenters. The van der Waals surface area contributed by atoms with E-state index < -0.39 is 0 Å². The molecule has 1 N–H and O–H groups in total. The summed E-state index contributed by atoms with van der Waals surface area (Å²) in [6.45, 7) is 7.04. The second-order valence-electron chi connectivity index (χ2n) is 4.90. The molecule has 1 fully saturated rings. The first-order valence-electron chi connectivity index (χ1n) is 6.75. The predicted molar refractivity (Wildman–Crippen MR) is 77.3 cm³/mol. The van der Waals surface area contributed by atoms with Crippen LogP contribution >= 0.6 is 11.3 Å². The molecule has 1 aliphatic heterocycles. The van der Waals surface area contributed by atoms with E-state index in [0.29, 0.717) is 6.54 Å². The number of carbonyl (C=O) groups is 1. The number of thiazole rings is 1. The minimum atomic E-state index is 0.203. The largest absolute Gasteiger partial charge is 0.340 e. The summed E-state index contributed by atoms with van der Waals surface area (Å²) >= 11 is 1.70. The number of nitrogens with one attached hydrogen (secondary N) is 1. The fourth-order valence-corrected chi connectivity index (χ4v) is 2.96. The van der Waals surface area contributed by atoms with Crippen LogP contribution in [0.25, 0.3) is 0 Å². The maximum atomic E-state index is 11.9. The topological polar surface area (TPSA) is 48.5 Å². The summed E-state index contributed by atoms with van der Waals surface area (Å²) in [5.74, 6) is 0.203. The van der Waals surface area contributed by atoms with Crippen molar-refractivity contribution in [1.29, 1.82) is 0 Å². The highest BCUT2D eigenvalue weighted by Gasteiger charge is 2.18. The van der Waals surface area contributed by atoms with Crippen LogP contribution < -0.4 is 5.32 Å². The van der Waals surface area contributed by atoms with Crippen LogP contribution in [0.4, 0.5) is 0 Å². The molecule has 0 saturated carbocycles. The van der Waals surface area contributed by atoms with E-state index in [9.17, 15) is 4.79 Å². The third-order valence-electron chi connectivity index (χ3n) is 3.32. The molecular formula is C13H22N4OS. The lowest BCUT2D eigenvalue weighted by atomic mass is 10.3. The van der Waals surface area contributed by atoms with Crippen molar-refractivity contribution < 1.29 is 4.79 Å². The highest BCUT2D eigenvalue weighted by Crippen LogP contribution is 2.12. The second kappa shape index (κ2) is 6.98. The maximum absolute atomic E-state index is 11.9. The van der Waals surface area contributed by atoms with Gasteiger partial charge in [0.2, 0.25) is 5.91 Å². The van der Waals surface area contributed by atoms with Gasteiger partial charge in [-0.1, -0.05) is 0 Å². The molecule has 2 heterocycles. The fraction of sp³-hybridized carbons (Fsp3) is 0.692. The van der Waals surface area contributed by atoms with E-state index in [-0.39, 0.29) is 5.91 Å². The van der Waals surface area contributed by atoms with Crippen LogP contribution in [-0.2, 0) is 11.3 Å². The van der Waals surface area contributed by atoms with E-state index in [1.807, 2.05) is 18.9 Å². The summed E-state index contributed by atoms with van der Waals surface area (Å²) in [6, 6.07) is 0. The molecule has 1 amide bonds. The molecule has 0 aliphatic carbocycles. The molecule has 0 bridgehead atoms. The summed E-state index contributed by atoms with van der Waals surface area (Å²) < 4.78 is 0. The van der Waals surface area contributed by atoms with Gasteiger partial charge < -0.3 is 10.2 Å². The normalized spacial score (nSPS) is 17.5. The van der Waals surface area contributed by atoms with Gasteiger partial charge in [0.1, 0.15) is 0 Å². The van der Waals surface area contributed by atoms with Gasteiger partial charge in [-0.15, -0.1) is 11.3 Å². The first-order chi connectivity index (χ1) is 9.19. The SMILES string of the molecule is CNCC(=O)N1CCCN(Cc2csc(C)n2)CC1. The molecule has 1 saturated heterocycles. The van der Waals surface area contributed by atoms with Gasteiger partial charge in [0.25, 0.3) is 0 Å². The van der Waals surface area contributed by atoms with E-state index in [1.54, 1.807) is 11.3 Å². The summed E-state index contributed by atoms with van der Waals surface area (Å²) in [5, 5.41) is 6.18. The summed E-state index contributed by atoms with van der Waals surface area (Å²) in [4.78, 5) is 20.7. The number of aryl methyl sites for hydroxylation is 1. The van der Waals surface area contributed by atoms with Crippen molar-refractivity contribution in [1.82, 2.24) is 20.1 Å². The minimum absolute atomic E-state index is 0.203. The van der Waals surface area contributed by atoms with Crippen molar-refractivity contribution in [2.75, 3.05) is 39.8 Å². The van der Waals surface area contributed by atoms with Crippen LogP contribution in [0.2, 0.25) is 0 Å². The molecule has 0 aromatic carbocycles. The van der Waals surface area contributed by atoms with Crippen molar-refractivity contribution in [2.45, 2.75) is 19.9 Å². The van der Waals surface area contributed by atoms with E-state index >= 15 is 0 Å². The first kappa shape index (κ1) is 14.4. The van der Waals surface area contributed by atoms with Gasteiger partial charge in [0.15, 0.2) is 0 Å². The smallest absolute Gasteiger partial charge is 0.236 e. The zero-order valence-electron chi connectivity index (χ0n) is 11.7. The summed E-state index contributed by atoms with van der Waals surface area (Å²) in [5.41, 5.74) is 1.15. The molecule has 6 heteroatoms. The van der Waals surface area contributed by atoms with Crippen molar-refractivity contribution in [2.24, 2.45) is 0 Å². The van der Waals surface area contributed by atoms with Crippen LogP contribution in [0.1, 0.15) is 17.1 Å². The van der Waals surface area contributed by atoms with Crippen LogP contribution in [0.3, 0.4) is 0 Å². The van der Waals surface area contributed by atoms with Crippen LogP contribution in [0, 0.1) is 6.92 Å². The number of carbonyl (C=O) groups excluding carboxylic acids is 1. The van der Waals surface area contributed by atoms with Gasteiger partial charge in [0, 0.05) is 38.1 Å². The first-order valence-corrected chi connectivity index (χ1v) is 7.62. The van der Waals surface area contributed by atoms with Crippen LogP contribution in [0.5, 0.6) is 0 Å². The zero-order valence-corrected chi connectivity index (χ0v) is 12.5. The molecule has 0 unspecified atom stereocenters. The number of hydrogen-bond acceptors (Lipinski definition) is 5. The third-order valence-corrected chi connectivity index (χ3v) is 4.14. The van der Waals surface area contributed by atoms with Gasteiger partial charge in [0.05, 0.1) is 17.2 Å². The Morgan fingerprint density at radius 3 is 2.95 bits per heavy atom. The Hall–Kier alpha value is -0.980. The quantitative estimate of drug-likeness (QED) is 0.883. The lowest BCUT2D eigenvalue weighted by Crippen LogP contribution is -2.39. The Kier molecular flexibility index (Phi) is 5.30.